The molecule has 0 aromatic rings. The number of nitrogens with two attached hydrogens (primary N) is 1. The standard InChI is InChI=1S/C5H11NO2/c1-2-4(6)5(8)3-7/h2,4-5,7-8H,1,3,6H2/t4-,5+/m0/s1. The molecule has 0 rings (SSSR count). The van der Waals surface area contributed by atoms with Gasteiger partial charge >= 0.3 is 0 Å². The van der Waals surface area contributed by atoms with Gasteiger partial charge in [-0.25, -0.2) is 0 Å². The van der Waals surface area contributed by atoms with Gasteiger partial charge in [-0.05, 0) is 0 Å². The summed E-state index contributed by atoms with van der Waals surface area (Å²) in [6.45, 7) is 3.02. The Morgan fingerprint density at radius 1 is 1.75 bits per heavy atom. The minimum Gasteiger partial charge on any atom is -0.394 e. The third-order valence-electron chi connectivity index (χ3n) is 0.904. The van der Waals surface area contributed by atoms with E-state index >= 15 is 0 Å². The van der Waals surface area contributed by atoms with Gasteiger partial charge in [-0.2, -0.15) is 0 Å². The second kappa shape index (κ2) is 3.60. The maximum atomic E-state index is 8.68. The molecule has 0 radical (unpaired) electrons. The topological polar surface area (TPSA) is 66.5 Å². The van der Waals surface area contributed by atoms with E-state index in [2.05, 4.69) is 6.58 Å². The first-order valence-electron chi connectivity index (χ1n) is 2.39. The lowest BCUT2D eigenvalue weighted by Crippen LogP contribution is -2.34. The van der Waals surface area contributed by atoms with Crippen molar-refractivity contribution in [2.24, 2.45) is 5.73 Å². The third-order valence-corrected chi connectivity index (χ3v) is 0.904. The Morgan fingerprint density at radius 3 is 2.38 bits per heavy atom. The number of rotatable bonds is 3. The zero-order valence-electron chi connectivity index (χ0n) is 4.62. The number of aliphatic hydroxyl groups excluding tert-OH is 2. The molecular formula is C5H11NO2. The molecule has 0 spiro atoms. The maximum absolute atomic E-state index is 8.68. The number of hydrogen-bond donors (Lipinski definition) is 3. The van der Waals surface area contributed by atoms with Crippen molar-refractivity contribution >= 4 is 0 Å². The summed E-state index contributed by atoms with van der Waals surface area (Å²) in [6, 6.07) is -0.514. The average Bonchev–Trinajstić information content (AvgIpc) is 1.84. The second-order valence-electron chi connectivity index (χ2n) is 1.56. The van der Waals surface area contributed by atoms with Crippen LogP contribution in [0.25, 0.3) is 0 Å². The summed E-state index contributed by atoms with van der Waals surface area (Å²) in [5, 5.41) is 16.9. The average molecular weight is 117 g/mol. The highest BCUT2D eigenvalue weighted by Crippen LogP contribution is 1.87. The van der Waals surface area contributed by atoms with Gasteiger partial charge in [-0.3, -0.25) is 0 Å². The van der Waals surface area contributed by atoms with Crippen molar-refractivity contribution in [2.75, 3.05) is 6.61 Å². The van der Waals surface area contributed by atoms with Crippen LogP contribution in [0, 0.1) is 0 Å². The third kappa shape index (κ3) is 2.07. The van der Waals surface area contributed by atoms with Gasteiger partial charge in [0.1, 0.15) is 0 Å². The van der Waals surface area contributed by atoms with E-state index in [1.54, 1.807) is 0 Å². The van der Waals surface area contributed by atoms with Gasteiger partial charge in [0.2, 0.25) is 0 Å². The first kappa shape index (κ1) is 7.62. The summed E-state index contributed by atoms with van der Waals surface area (Å²) >= 11 is 0. The Labute approximate surface area is 48.4 Å². The molecule has 0 aliphatic rings. The predicted molar refractivity (Wildman–Crippen MR) is 31.3 cm³/mol. The SMILES string of the molecule is C=C[C@H](N)[C@H](O)CO. The number of aliphatic hydroxyl groups is 2. The molecule has 2 atom stereocenters. The molecule has 0 bridgehead atoms. The highest BCUT2D eigenvalue weighted by Gasteiger charge is 2.07. The van der Waals surface area contributed by atoms with E-state index < -0.39 is 12.1 Å². The van der Waals surface area contributed by atoms with Gasteiger partial charge in [0.15, 0.2) is 0 Å². The smallest absolute Gasteiger partial charge is 0.0956 e. The molecule has 0 fully saturated rings. The monoisotopic (exact) mass is 117 g/mol. The Morgan fingerprint density at radius 2 is 2.25 bits per heavy atom. The van der Waals surface area contributed by atoms with Gasteiger partial charge in [-0.15, -0.1) is 6.58 Å². The number of hydrogen-bond acceptors (Lipinski definition) is 3. The highest BCUT2D eigenvalue weighted by atomic mass is 16.3. The molecule has 0 unspecified atom stereocenters. The second-order valence-corrected chi connectivity index (χ2v) is 1.56. The summed E-state index contributed by atoms with van der Waals surface area (Å²) in [6.07, 6.45) is 0.522. The normalized spacial score (nSPS) is 17.4. The molecule has 0 amide bonds. The molecular weight excluding hydrogens is 106 g/mol. The molecule has 4 N–H and O–H groups in total. The lowest BCUT2D eigenvalue weighted by molar-refractivity contribution is 0.0856. The Bertz CT molecular complexity index is 74.8. The van der Waals surface area contributed by atoms with Crippen molar-refractivity contribution in [2.45, 2.75) is 12.1 Å². The van der Waals surface area contributed by atoms with Crippen molar-refractivity contribution < 1.29 is 10.2 Å². The van der Waals surface area contributed by atoms with Crippen LogP contribution in [0.2, 0.25) is 0 Å². The summed E-state index contributed by atoms with van der Waals surface area (Å²) in [5.74, 6) is 0. The van der Waals surface area contributed by atoms with Crippen LogP contribution in [0.5, 0.6) is 0 Å². The largest absolute Gasteiger partial charge is 0.394 e. The van der Waals surface area contributed by atoms with Crippen molar-refractivity contribution in [3.63, 3.8) is 0 Å². The fourth-order valence-electron chi connectivity index (χ4n) is 0.279. The summed E-state index contributed by atoms with van der Waals surface area (Å²) in [5.41, 5.74) is 5.20. The minimum atomic E-state index is -0.868. The van der Waals surface area contributed by atoms with E-state index in [0.29, 0.717) is 0 Å². The quantitative estimate of drug-likeness (QED) is 0.409. The lowest BCUT2D eigenvalue weighted by atomic mass is 10.2. The summed E-state index contributed by atoms with van der Waals surface area (Å²) in [4.78, 5) is 0. The van der Waals surface area contributed by atoms with Crippen molar-refractivity contribution in [3.8, 4) is 0 Å². The van der Waals surface area contributed by atoms with E-state index in [1.807, 2.05) is 0 Å². The Kier molecular flexibility index (Phi) is 3.43. The molecule has 0 aliphatic carbocycles. The van der Waals surface area contributed by atoms with Gasteiger partial charge < -0.3 is 15.9 Å². The first-order chi connectivity index (χ1) is 3.72. The van der Waals surface area contributed by atoms with Crippen molar-refractivity contribution in [1.29, 1.82) is 0 Å². The van der Waals surface area contributed by atoms with Gasteiger partial charge in [0.25, 0.3) is 0 Å². The van der Waals surface area contributed by atoms with E-state index in [9.17, 15) is 0 Å². The van der Waals surface area contributed by atoms with Crippen LogP contribution in [-0.4, -0.2) is 29.0 Å². The van der Waals surface area contributed by atoms with Crippen LogP contribution in [0.15, 0.2) is 12.7 Å². The van der Waals surface area contributed by atoms with Crippen LogP contribution in [0.3, 0.4) is 0 Å². The van der Waals surface area contributed by atoms with Gasteiger partial charge in [-0.1, -0.05) is 6.08 Å². The highest BCUT2D eigenvalue weighted by molar-refractivity contribution is 4.87. The molecule has 3 heteroatoms. The first-order valence-corrected chi connectivity index (χ1v) is 2.39. The predicted octanol–water partition coefficient (Wildman–Crippen LogP) is -1.15. The Hall–Kier alpha value is -0.380. The summed E-state index contributed by atoms with van der Waals surface area (Å²) < 4.78 is 0. The molecule has 0 saturated carbocycles. The van der Waals surface area contributed by atoms with Crippen molar-refractivity contribution in [1.82, 2.24) is 0 Å². The van der Waals surface area contributed by atoms with E-state index in [4.69, 9.17) is 15.9 Å². The molecule has 0 aromatic carbocycles. The Balaban J connectivity index is 3.44. The van der Waals surface area contributed by atoms with E-state index in [0.717, 1.165) is 0 Å². The molecule has 0 saturated heterocycles. The van der Waals surface area contributed by atoms with Crippen LogP contribution < -0.4 is 5.73 Å². The lowest BCUT2D eigenvalue weighted by Gasteiger charge is -2.10. The zero-order valence-corrected chi connectivity index (χ0v) is 4.62. The molecule has 0 aliphatic heterocycles. The molecule has 8 heavy (non-hydrogen) atoms. The maximum Gasteiger partial charge on any atom is 0.0956 e. The summed E-state index contributed by atoms with van der Waals surface area (Å²) in [7, 11) is 0. The van der Waals surface area contributed by atoms with Crippen molar-refractivity contribution in [3.05, 3.63) is 12.7 Å². The molecule has 0 aromatic heterocycles. The van der Waals surface area contributed by atoms with E-state index in [-0.39, 0.29) is 6.61 Å². The fraction of sp³-hybridized carbons (Fsp3) is 0.600. The zero-order chi connectivity index (χ0) is 6.57. The molecule has 0 heterocycles. The van der Waals surface area contributed by atoms with Crippen LogP contribution in [-0.2, 0) is 0 Å². The minimum absolute atomic E-state index is 0.312. The van der Waals surface area contributed by atoms with E-state index in [1.165, 1.54) is 6.08 Å². The van der Waals surface area contributed by atoms with Crippen LogP contribution in [0.4, 0.5) is 0 Å². The van der Waals surface area contributed by atoms with Crippen LogP contribution >= 0.6 is 0 Å². The van der Waals surface area contributed by atoms with Crippen LogP contribution in [0.1, 0.15) is 0 Å². The molecule has 3 nitrogen and oxygen atoms in total. The fourth-order valence-corrected chi connectivity index (χ4v) is 0.279. The van der Waals surface area contributed by atoms with Gasteiger partial charge in [0, 0.05) is 0 Å². The molecule has 48 valence electrons. The van der Waals surface area contributed by atoms with Gasteiger partial charge in [0.05, 0.1) is 18.8 Å².